The zero-order chi connectivity index (χ0) is 15.6. The van der Waals surface area contributed by atoms with Crippen molar-refractivity contribution >= 4 is 41.7 Å². The fourth-order valence-electron chi connectivity index (χ4n) is 2.38. The largest absolute Gasteiger partial charge is 0.379 e. The van der Waals surface area contributed by atoms with E-state index >= 15 is 0 Å². The van der Waals surface area contributed by atoms with E-state index in [2.05, 4.69) is 40.6 Å². The Morgan fingerprint density at radius 1 is 1.23 bits per heavy atom. The van der Waals surface area contributed by atoms with Crippen molar-refractivity contribution in [2.45, 2.75) is 32.2 Å². The molecular weight excluding hydrogens is 411 g/mol. The molecule has 2 N–H and O–H groups in total. The molecule has 0 spiro atoms. The van der Waals surface area contributed by atoms with Crippen LogP contribution in [0.5, 0.6) is 0 Å². The van der Waals surface area contributed by atoms with E-state index in [4.69, 9.17) is 4.74 Å². The molecule has 0 aromatic carbocycles. The van der Waals surface area contributed by atoms with Crippen LogP contribution in [0.15, 0.2) is 4.99 Å². The highest BCUT2D eigenvalue weighted by Gasteiger charge is 2.28. The molecule has 0 aromatic rings. The van der Waals surface area contributed by atoms with Crippen molar-refractivity contribution in [1.82, 2.24) is 15.5 Å². The fraction of sp³-hybridized carbons (Fsp3) is 0.933. The Bertz CT molecular complexity index is 310. The van der Waals surface area contributed by atoms with Gasteiger partial charge in [0.2, 0.25) is 0 Å². The third kappa shape index (κ3) is 8.79. The van der Waals surface area contributed by atoms with E-state index in [9.17, 15) is 0 Å². The van der Waals surface area contributed by atoms with Crippen LogP contribution < -0.4 is 10.6 Å². The summed E-state index contributed by atoms with van der Waals surface area (Å²) in [5.41, 5.74) is 0.111. The highest BCUT2D eigenvalue weighted by atomic mass is 127. The molecule has 1 fully saturated rings. The number of ether oxygens (including phenoxy) is 1. The number of guanidine groups is 1. The summed E-state index contributed by atoms with van der Waals surface area (Å²) >= 11 is 1.91. The maximum atomic E-state index is 5.43. The number of morpholine rings is 1. The molecule has 0 radical (unpaired) electrons. The minimum atomic E-state index is 0. The highest BCUT2D eigenvalue weighted by Crippen LogP contribution is 2.14. The normalized spacial score (nSPS) is 17.0. The van der Waals surface area contributed by atoms with Gasteiger partial charge < -0.3 is 15.4 Å². The number of hydrogen-bond donors (Lipinski definition) is 2. The van der Waals surface area contributed by atoms with Gasteiger partial charge in [0.25, 0.3) is 0 Å². The molecule has 0 aliphatic carbocycles. The van der Waals surface area contributed by atoms with Crippen LogP contribution in [-0.4, -0.2) is 74.8 Å². The molecule has 1 rings (SSSR count). The van der Waals surface area contributed by atoms with Crippen molar-refractivity contribution in [2.24, 2.45) is 4.99 Å². The Kier molecular flexibility index (Phi) is 12.8. The van der Waals surface area contributed by atoms with Crippen LogP contribution in [0.1, 0.15) is 26.7 Å². The van der Waals surface area contributed by atoms with E-state index < -0.39 is 0 Å². The topological polar surface area (TPSA) is 48.9 Å². The van der Waals surface area contributed by atoms with E-state index in [0.717, 1.165) is 45.4 Å². The molecule has 0 saturated carbocycles. The van der Waals surface area contributed by atoms with Gasteiger partial charge in [-0.3, -0.25) is 9.89 Å². The lowest BCUT2D eigenvalue weighted by Gasteiger charge is -2.41. The SMILES string of the molecule is CN=C(NCCCCSC)NCC(C)(C)N1CCOCC1.I. The second kappa shape index (κ2) is 12.7. The maximum absolute atomic E-state index is 5.43. The first-order chi connectivity index (χ1) is 10.1. The summed E-state index contributed by atoms with van der Waals surface area (Å²) in [5.74, 6) is 2.14. The third-order valence-corrected chi connectivity index (χ3v) is 4.54. The van der Waals surface area contributed by atoms with E-state index in [0.29, 0.717) is 0 Å². The number of nitrogens with zero attached hydrogens (tertiary/aromatic N) is 2. The Morgan fingerprint density at radius 2 is 1.91 bits per heavy atom. The Hall–Kier alpha value is 0.270. The molecule has 22 heavy (non-hydrogen) atoms. The van der Waals surface area contributed by atoms with Gasteiger partial charge in [0.1, 0.15) is 0 Å². The number of thioether (sulfide) groups is 1. The van der Waals surface area contributed by atoms with Crippen LogP contribution in [0, 0.1) is 0 Å². The summed E-state index contributed by atoms with van der Waals surface area (Å²) in [6.07, 6.45) is 4.60. The molecule has 1 saturated heterocycles. The second-order valence-corrected chi connectivity index (χ2v) is 6.95. The Labute approximate surface area is 157 Å². The average molecular weight is 444 g/mol. The summed E-state index contributed by atoms with van der Waals surface area (Å²) in [7, 11) is 1.83. The monoisotopic (exact) mass is 444 g/mol. The van der Waals surface area contributed by atoms with Crippen molar-refractivity contribution in [3.05, 3.63) is 0 Å². The lowest BCUT2D eigenvalue weighted by molar-refractivity contribution is -0.00833. The number of aliphatic imine (C=N–C) groups is 1. The molecule has 132 valence electrons. The van der Waals surface area contributed by atoms with Crippen LogP contribution in [-0.2, 0) is 4.74 Å². The van der Waals surface area contributed by atoms with Crippen LogP contribution in [0.3, 0.4) is 0 Å². The first kappa shape index (κ1) is 22.3. The quantitative estimate of drug-likeness (QED) is 0.260. The molecular formula is C15H33IN4OS. The first-order valence-corrected chi connectivity index (χ1v) is 9.26. The molecule has 0 unspecified atom stereocenters. The molecule has 1 heterocycles. The minimum Gasteiger partial charge on any atom is -0.379 e. The molecule has 5 nitrogen and oxygen atoms in total. The van der Waals surface area contributed by atoms with Crippen LogP contribution in [0.4, 0.5) is 0 Å². The van der Waals surface area contributed by atoms with Gasteiger partial charge in [-0.1, -0.05) is 0 Å². The smallest absolute Gasteiger partial charge is 0.191 e. The molecule has 0 bridgehead atoms. The van der Waals surface area contributed by atoms with E-state index in [1.165, 1.54) is 18.6 Å². The first-order valence-electron chi connectivity index (χ1n) is 7.86. The number of hydrogen-bond acceptors (Lipinski definition) is 4. The number of halogens is 1. The third-order valence-electron chi connectivity index (χ3n) is 3.85. The van der Waals surface area contributed by atoms with Gasteiger partial charge >= 0.3 is 0 Å². The summed E-state index contributed by atoms with van der Waals surface area (Å²) in [6.45, 7) is 10.1. The van der Waals surface area contributed by atoms with Crippen LogP contribution in [0.2, 0.25) is 0 Å². The van der Waals surface area contributed by atoms with Gasteiger partial charge in [0.05, 0.1) is 13.2 Å². The van der Waals surface area contributed by atoms with E-state index in [1.807, 2.05) is 18.8 Å². The highest BCUT2D eigenvalue weighted by molar-refractivity contribution is 14.0. The maximum Gasteiger partial charge on any atom is 0.191 e. The van der Waals surface area contributed by atoms with Crippen molar-refractivity contribution in [1.29, 1.82) is 0 Å². The number of unbranched alkanes of at least 4 members (excludes halogenated alkanes) is 1. The summed E-state index contributed by atoms with van der Waals surface area (Å²) < 4.78 is 5.43. The fourth-order valence-corrected chi connectivity index (χ4v) is 2.87. The van der Waals surface area contributed by atoms with E-state index in [1.54, 1.807) is 0 Å². The molecule has 0 atom stereocenters. The van der Waals surface area contributed by atoms with E-state index in [-0.39, 0.29) is 29.5 Å². The predicted molar refractivity (Wildman–Crippen MR) is 109 cm³/mol. The van der Waals surface area contributed by atoms with Gasteiger partial charge in [-0.05, 0) is 38.7 Å². The molecule has 1 aliphatic rings. The van der Waals surface area contributed by atoms with Gasteiger partial charge in [-0.2, -0.15) is 11.8 Å². The van der Waals surface area contributed by atoms with Crippen molar-refractivity contribution in [2.75, 3.05) is 58.4 Å². The zero-order valence-electron chi connectivity index (χ0n) is 14.5. The van der Waals surface area contributed by atoms with Crippen LogP contribution >= 0.6 is 35.7 Å². The van der Waals surface area contributed by atoms with Gasteiger partial charge in [0.15, 0.2) is 5.96 Å². The standard InChI is InChI=1S/C15H32N4OS.HI/c1-15(2,19-8-10-20-11-9-19)13-18-14(16-3)17-7-5-6-12-21-4;/h5-13H2,1-4H3,(H2,16,17,18);1H. The molecule has 7 heteroatoms. The van der Waals surface area contributed by atoms with Crippen molar-refractivity contribution in [3.8, 4) is 0 Å². The molecule has 0 amide bonds. The Morgan fingerprint density at radius 3 is 2.50 bits per heavy atom. The molecule has 1 aliphatic heterocycles. The zero-order valence-corrected chi connectivity index (χ0v) is 17.6. The van der Waals surface area contributed by atoms with Gasteiger partial charge in [-0.25, -0.2) is 0 Å². The summed E-state index contributed by atoms with van der Waals surface area (Å²) in [6, 6.07) is 0. The number of nitrogens with one attached hydrogen (secondary N) is 2. The minimum absolute atomic E-state index is 0. The summed E-state index contributed by atoms with van der Waals surface area (Å²) in [4.78, 5) is 6.78. The Balaban J connectivity index is 0.00000441. The van der Waals surface area contributed by atoms with Crippen LogP contribution in [0.25, 0.3) is 0 Å². The van der Waals surface area contributed by atoms with Gasteiger partial charge in [-0.15, -0.1) is 24.0 Å². The van der Waals surface area contributed by atoms with Gasteiger partial charge in [0, 0.05) is 38.8 Å². The lowest BCUT2D eigenvalue weighted by atomic mass is 10.0. The molecule has 0 aromatic heterocycles. The van der Waals surface area contributed by atoms with Crippen molar-refractivity contribution in [3.63, 3.8) is 0 Å². The number of rotatable bonds is 8. The summed E-state index contributed by atoms with van der Waals surface area (Å²) in [5, 5.41) is 6.84. The lowest BCUT2D eigenvalue weighted by Crippen LogP contribution is -2.56. The van der Waals surface area contributed by atoms with Crippen molar-refractivity contribution < 1.29 is 4.74 Å². The average Bonchev–Trinajstić information content (AvgIpc) is 2.51. The predicted octanol–water partition coefficient (Wildman–Crippen LogP) is 2.02. The second-order valence-electron chi connectivity index (χ2n) is 5.96.